The van der Waals surface area contributed by atoms with Crippen molar-refractivity contribution in [3.05, 3.63) is 58.4 Å². The number of halogens is 2. The number of nitrogens with one attached hydrogen (secondary N) is 1. The highest BCUT2D eigenvalue weighted by atomic mass is 35.5. The molecule has 0 spiro atoms. The minimum atomic E-state index is -0.461. The smallest absolute Gasteiger partial charge is 0.255 e. The number of carbonyl (C=O) groups excluding carboxylic acids is 1. The molecule has 0 aromatic heterocycles. The SMILES string of the molecule is Cc1cc(C(=O)Nc2cc(F)ccc2N)ccc1Cl. The van der Waals surface area contributed by atoms with Gasteiger partial charge in [-0.1, -0.05) is 11.6 Å². The van der Waals surface area contributed by atoms with Gasteiger partial charge in [0.05, 0.1) is 11.4 Å². The number of nitrogens with two attached hydrogens (primary N) is 1. The maximum absolute atomic E-state index is 13.1. The predicted molar refractivity (Wildman–Crippen MR) is 75.0 cm³/mol. The van der Waals surface area contributed by atoms with E-state index in [0.29, 0.717) is 16.3 Å². The van der Waals surface area contributed by atoms with Crippen LogP contribution in [0.4, 0.5) is 15.8 Å². The van der Waals surface area contributed by atoms with E-state index in [1.165, 1.54) is 18.2 Å². The second kappa shape index (κ2) is 5.28. The third kappa shape index (κ3) is 3.03. The topological polar surface area (TPSA) is 55.1 Å². The molecule has 2 aromatic carbocycles. The second-order valence-electron chi connectivity index (χ2n) is 4.15. The van der Waals surface area contributed by atoms with Crippen molar-refractivity contribution in [2.24, 2.45) is 0 Å². The van der Waals surface area contributed by atoms with Gasteiger partial charge in [-0.3, -0.25) is 4.79 Å². The number of hydrogen-bond acceptors (Lipinski definition) is 2. The van der Waals surface area contributed by atoms with Crippen molar-refractivity contribution in [2.75, 3.05) is 11.1 Å². The first-order valence-corrected chi connectivity index (χ1v) is 5.97. The van der Waals surface area contributed by atoms with Crippen LogP contribution in [0.3, 0.4) is 0 Å². The van der Waals surface area contributed by atoms with Crippen LogP contribution < -0.4 is 11.1 Å². The van der Waals surface area contributed by atoms with Gasteiger partial charge in [-0.05, 0) is 48.9 Å². The standard InChI is InChI=1S/C14H12ClFN2O/c1-8-6-9(2-4-11(8)15)14(19)18-13-7-10(16)3-5-12(13)17/h2-7H,17H2,1H3,(H,18,19). The molecule has 3 N–H and O–H groups in total. The van der Waals surface area contributed by atoms with E-state index in [9.17, 15) is 9.18 Å². The molecule has 0 aliphatic heterocycles. The van der Waals surface area contributed by atoms with Crippen molar-refractivity contribution in [2.45, 2.75) is 6.92 Å². The summed E-state index contributed by atoms with van der Waals surface area (Å²) in [7, 11) is 0. The molecule has 0 saturated heterocycles. The summed E-state index contributed by atoms with van der Waals surface area (Å²) in [6.45, 7) is 1.80. The van der Waals surface area contributed by atoms with Gasteiger partial charge in [-0.25, -0.2) is 4.39 Å². The molecule has 2 rings (SSSR count). The average Bonchev–Trinajstić information content (AvgIpc) is 2.37. The Morgan fingerprint density at radius 3 is 2.68 bits per heavy atom. The van der Waals surface area contributed by atoms with Crippen LogP contribution in [0.15, 0.2) is 36.4 Å². The summed E-state index contributed by atoms with van der Waals surface area (Å²) >= 11 is 5.89. The van der Waals surface area contributed by atoms with E-state index in [-0.39, 0.29) is 11.6 Å². The van der Waals surface area contributed by atoms with Crippen LogP contribution in [0.5, 0.6) is 0 Å². The first kappa shape index (κ1) is 13.4. The molecule has 0 bridgehead atoms. The van der Waals surface area contributed by atoms with Gasteiger partial charge in [0.15, 0.2) is 0 Å². The van der Waals surface area contributed by atoms with E-state index in [2.05, 4.69) is 5.32 Å². The molecule has 5 heteroatoms. The van der Waals surface area contributed by atoms with Gasteiger partial charge in [-0.15, -0.1) is 0 Å². The number of aryl methyl sites for hydroxylation is 1. The van der Waals surface area contributed by atoms with Crippen molar-refractivity contribution in [3.63, 3.8) is 0 Å². The minimum absolute atomic E-state index is 0.248. The summed E-state index contributed by atoms with van der Waals surface area (Å²) in [5, 5.41) is 3.15. The lowest BCUT2D eigenvalue weighted by atomic mass is 10.1. The molecule has 98 valence electrons. The van der Waals surface area contributed by atoms with E-state index in [1.807, 2.05) is 0 Å². The Morgan fingerprint density at radius 1 is 1.26 bits per heavy atom. The third-order valence-corrected chi connectivity index (χ3v) is 3.11. The van der Waals surface area contributed by atoms with Crippen LogP contribution >= 0.6 is 11.6 Å². The lowest BCUT2D eigenvalue weighted by molar-refractivity contribution is 0.102. The Bertz CT molecular complexity index is 643. The fourth-order valence-electron chi connectivity index (χ4n) is 1.62. The first-order valence-electron chi connectivity index (χ1n) is 5.60. The van der Waals surface area contributed by atoms with E-state index < -0.39 is 5.82 Å². The van der Waals surface area contributed by atoms with Crippen LogP contribution in [0.1, 0.15) is 15.9 Å². The molecule has 0 saturated carbocycles. The van der Waals surface area contributed by atoms with Crippen LogP contribution in [0.2, 0.25) is 5.02 Å². The maximum atomic E-state index is 13.1. The van der Waals surface area contributed by atoms with Crippen molar-refractivity contribution in [1.29, 1.82) is 0 Å². The van der Waals surface area contributed by atoms with Gasteiger partial charge >= 0.3 is 0 Å². The zero-order valence-electron chi connectivity index (χ0n) is 10.2. The van der Waals surface area contributed by atoms with Crippen LogP contribution in [-0.4, -0.2) is 5.91 Å². The van der Waals surface area contributed by atoms with E-state index in [0.717, 1.165) is 5.56 Å². The Labute approximate surface area is 115 Å². The maximum Gasteiger partial charge on any atom is 0.255 e. The Kier molecular flexibility index (Phi) is 3.71. The summed E-state index contributed by atoms with van der Waals surface area (Å²) < 4.78 is 13.1. The first-order chi connectivity index (χ1) is 8.97. The largest absolute Gasteiger partial charge is 0.397 e. The summed E-state index contributed by atoms with van der Waals surface area (Å²) in [4.78, 5) is 12.0. The number of hydrogen-bond donors (Lipinski definition) is 2. The van der Waals surface area contributed by atoms with Crippen molar-refractivity contribution in [3.8, 4) is 0 Å². The van der Waals surface area contributed by atoms with Gasteiger partial charge in [0, 0.05) is 10.6 Å². The summed E-state index contributed by atoms with van der Waals surface area (Å²) in [6, 6.07) is 8.71. The highest BCUT2D eigenvalue weighted by Crippen LogP contribution is 2.21. The number of benzene rings is 2. The van der Waals surface area contributed by atoms with Crippen molar-refractivity contribution >= 4 is 28.9 Å². The number of anilines is 2. The lowest BCUT2D eigenvalue weighted by Gasteiger charge is -2.09. The molecule has 0 unspecified atom stereocenters. The van der Waals surface area contributed by atoms with Crippen LogP contribution in [-0.2, 0) is 0 Å². The molecule has 0 aliphatic carbocycles. The summed E-state index contributed by atoms with van der Waals surface area (Å²) in [5.74, 6) is -0.825. The molecule has 0 radical (unpaired) electrons. The molecule has 1 amide bonds. The molecule has 0 heterocycles. The molecule has 19 heavy (non-hydrogen) atoms. The summed E-state index contributed by atoms with van der Waals surface area (Å²) in [5.41, 5.74) is 7.45. The van der Waals surface area contributed by atoms with Gasteiger partial charge < -0.3 is 11.1 Å². The number of carbonyl (C=O) groups is 1. The molecular weight excluding hydrogens is 267 g/mol. The monoisotopic (exact) mass is 278 g/mol. The minimum Gasteiger partial charge on any atom is -0.397 e. The molecule has 3 nitrogen and oxygen atoms in total. The highest BCUT2D eigenvalue weighted by Gasteiger charge is 2.10. The number of rotatable bonds is 2. The number of amides is 1. The fraction of sp³-hybridized carbons (Fsp3) is 0.0714. The zero-order chi connectivity index (χ0) is 14.0. The Hall–Kier alpha value is -2.07. The van der Waals surface area contributed by atoms with Crippen molar-refractivity contribution < 1.29 is 9.18 Å². The number of nitrogen functional groups attached to an aromatic ring is 1. The van der Waals surface area contributed by atoms with E-state index in [1.54, 1.807) is 25.1 Å². The van der Waals surface area contributed by atoms with Gasteiger partial charge in [-0.2, -0.15) is 0 Å². The average molecular weight is 279 g/mol. The Balaban J connectivity index is 2.25. The van der Waals surface area contributed by atoms with Crippen molar-refractivity contribution in [1.82, 2.24) is 0 Å². The van der Waals surface area contributed by atoms with E-state index in [4.69, 9.17) is 17.3 Å². The molecule has 0 atom stereocenters. The van der Waals surface area contributed by atoms with Crippen LogP contribution in [0.25, 0.3) is 0 Å². The van der Waals surface area contributed by atoms with Crippen LogP contribution in [0, 0.1) is 12.7 Å². The quantitative estimate of drug-likeness (QED) is 0.824. The molecule has 0 fully saturated rings. The zero-order valence-corrected chi connectivity index (χ0v) is 11.0. The normalized spacial score (nSPS) is 10.3. The third-order valence-electron chi connectivity index (χ3n) is 2.68. The lowest BCUT2D eigenvalue weighted by Crippen LogP contribution is -2.13. The second-order valence-corrected chi connectivity index (χ2v) is 4.56. The van der Waals surface area contributed by atoms with E-state index >= 15 is 0 Å². The molecule has 2 aromatic rings. The molecule has 0 aliphatic rings. The highest BCUT2D eigenvalue weighted by molar-refractivity contribution is 6.31. The van der Waals surface area contributed by atoms with Gasteiger partial charge in [0.25, 0.3) is 5.91 Å². The summed E-state index contributed by atoms with van der Waals surface area (Å²) in [6.07, 6.45) is 0. The Morgan fingerprint density at radius 2 is 2.00 bits per heavy atom. The van der Waals surface area contributed by atoms with Gasteiger partial charge in [0.1, 0.15) is 5.82 Å². The predicted octanol–water partition coefficient (Wildman–Crippen LogP) is 3.62. The van der Waals surface area contributed by atoms with Gasteiger partial charge in [0.2, 0.25) is 0 Å². The molecular formula is C14H12ClFN2O. The fourth-order valence-corrected chi connectivity index (χ4v) is 1.73.